The van der Waals surface area contributed by atoms with Gasteiger partial charge in [-0.1, -0.05) is 13.8 Å². The van der Waals surface area contributed by atoms with E-state index in [4.69, 9.17) is 0 Å². The van der Waals surface area contributed by atoms with Crippen LogP contribution in [0.25, 0.3) is 0 Å². The van der Waals surface area contributed by atoms with Crippen molar-refractivity contribution in [2.45, 2.75) is 46.2 Å². The molecule has 2 nitrogen and oxygen atoms in total. The third-order valence-electron chi connectivity index (χ3n) is 4.67. The molecule has 3 unspecified atom stereocenters. The van der Waals surface area contributed by atoms with E-state index < -0.39 is 0 Å². The van der Waals surface area contributed by atoms with Crippen molar-refractivity contribution in [2.75, 3.05) is 26.2 Å². The summed E-state index contributed by atoms with van der Waals surface area (Å²) in [5, 5.41) is 0. The second-order valence-corrected chi connectivity index (χ2v) is 5.82. The molecule has 0 aliphatic carbocycles. The van der Waals surface area contributed by atoms with Gasteiger partial charge in [0.15, 0.2) is 0 Å². The van der Waals surface area contributed by atoms with E-state index in [2.05, 4.69) is 37.5 Å². The molecule has 2 saturated heterocycles. The Balaban J connectivity index is 2.02. The van der Waals surface area contributed by atoms with Gasteiger partial charge in [0.25, 0.3) is 0 Å². The minimum absolute atomic E-state index is 0.719. The molecule has 0 spiro atoms. The van der Waals surface area contributed by atoms with Crippen LogP contribution in [0.3, 0.4) is 0 Å². The van der Waals surface area contributed by atoms with Crippen LogP contribution in [0.2, 0.25) is 0 Å². The number of rotatable bonds is 1. The van der Waals surface area contributed by atoms with Gasteiger partial charge < -0.3 is 0 Å². The Morgan fingerprint density at radius 2 is 1.80 bits per heavy atom. The van der Waals surface area contributed by atoms with Crippen molar-refractivity contribution in [3.8, 4) is 0 Å². The van der Waals surface area contributed by atoms with Crippen molar-refractivity contribution in [1.82, 2.24) is 9.80 Å². The summed E-state index contributed by atoms with van der Waals surface area (Å²) in [6.45, 7) is 14.7. The third kappa shape index (κ3) is 2.21. The van der Waals surface area contributed by atoms with Gasteiger partial charge in [0.2, 0.25) is 0 Å². The van der Waals surface area contributed by atoms with Crippen LogP contribution in [0.15, 0.2) is 0 Å². The summed E-state index contributed by atoms with van der Waals surface area (Å²) >= 11 is 0. The molecule has 0 aromatic rings. The zero-order chi connectivity index (χ0) is 11.0. The first kappa shape index (κ1) is 11.4. The lowest BCUT2D eigenvalue weighted by atomic mass is 9.81. The summed E-state index contributed by atoms with van der Waals surface area (Å²) in [5.74, 6) is 1.79. The second kappa shape index (κ2) is 4.42. The molecule has 0 radical (unpaired) electrons. The Kier molecular flexibility index (Phi) is 3.36. The fraction of sp³-hybridized carbons (Fsp3) is 1.00. The summed E-state index contributed by atoms with van der Waals surface area (Å²) in [4.78, 5) is 5.37. The molecular formula is C13H26N2. The van der Waals surface area contributed by atoms with Crippen LogP contribution in [-0.2, 0) is 0 Å². The Bertz CT molecular complexity index is 213. The molecule has 2 heterocycles. The zero-order valence-corrected chi connectivity index (χ0v) is 10.7. The highest BCUT2D eigenvalue weighted by Gasteiger charge is 2.37. The van der Waals surface area contributed by atoms with Gasteiger partial charge in [-0.2, -0.15) is 0 Å². The van der Waals surface area contributed by atoms with E-state index in [0.29, 0.717) is 0 Å². The maximum Gasteiger partial charge on any atom is 0.0251 e. The van der Waals surface area contributed by atoms with E-state index in [1.54, 1.807) is 0 Å². The molecule has 2 aliphatic rings. The first-order chi connectivity index (χ1) is 7.09. The Morgan fingerprint density at radius 3 is 2.47 bits per heavy atom. The van der Waals surface area contributed by atoms with Crippen molar-refractivity contribution in [3.63, 3.8) is 0 Å². The summed E-state index contributed by atoms with van der Waals surface area (Å²) in [6, 6.07) is 1.54. The van der Waals surface area contributed by atoms with E-state index in [1.165, 1.54) is 32.6 Å². The van der Waals surface area contributed by atoms with Crippen molar-refractivity contribution in [2.24, 2.45) is 11.8 Å². The highest BCUT2D eigenvalue weighted by Crippen LogP contribution is 2.31. The lowest BCUT2D eigenvalue weighted by Gasteiger charge is -2.50. The molecule has 0 bridgehead atoms. The molecule has 0 saturated carbocycles. The third-order valence-corrected chi connectivity index (χ3v) is 4.67. The lowest BCUT2D eigenvalue weighted by Crippen LogP contribution is -2.60. The summed E-state index contributed by atoms with van der Waals surface area (Å²) < 4.78 is 0. The molecule has 88 valence electrons. The zero-order valence-electron chi connectivity index (χ0n) is 10.7. The summed E-state index contributed by atoms with van der Waals surface area (Å²) in [7, 11) is 0. The number of fused-ring (bicyclic) bond motifs is 1. The number of hydrogen-bond donors (Lipinski definition) is 0. The number of piperazine rings is 1. The molecule has 3 atom stereocenters. The van der Waals surface area contributed by atoms with Gasteiger partial charge in [0.1, 0.15) is 0 Å². The van der Waals surface area contributed by atoms with E-state index in [1.807, 2.05) is 0 Å². The fourth-order valence-electron chi connectivity index (χ4n) is 3.13. The first-order valence-electron chi connectivity index (χ1n) is 6.57. The normalized spacial score (nSPS) is 39.4. The molecule has 0 N–H and O–H groups in total. The van der Waals surface area contributed by atoms with Crippen molar-refractivity contribution < 1.29 is 0 Å². The van der Waals surface area contributed by atoms with Crippen LogP contribution in [0.4, 0.5) is 0 Å². The topological polar surface area (TPSA) is 6.48 Å². The Morgan fingerprint density at radius 1 is 1.07 bits per heavy atom. The second-order valence-electron chi connectivity index (χ2n) is 5.82. The van der Waals surface area contributed by atoms with Crippen molar-refractivity contribution >= 4 is 0 Å². The van der Waals surface area contributed by atoms with Crippen LogP contribution in [0.5, 0.6) is 0 Å². The molecule has 2 heteroatoms. The minimum Gasteiger partial charge on any atom is -0.298 e. The number of piperidine rings is 1. The standard InChI is InChI=1S/C13H26N2/c1-10(2)15-8-7-14-6-5-11(3)12(4)13(14)9-15/h10-13H,5-9H2,1-4H3. The highest BCUT2D eigenvalue weighted by atomic mass is 15.3. The lowest BCUT2D eigenvalue weighted by molar-refractivity contribution is -0.0122. The van der Waals surface area contributed by atoms with Gasteiger partial charge in [-0.25, -0.2) is 0 Å². The average Bonchev–Trinajstić information content (AvgIpc) is 2.23. The van der Waals surface area contributed by atoms with Crippen LogP contribution < -0.4 is 0 Å². The molecule has 0 amide bonds. The Labute approximate surface area is 94.6 Å². The van der Waals surface area contributed by atoms with E-state index in [-0.39, 0.29) is 0 Å². The molecule has 0 aromatic heterocycles. The first-order valence-corrected chi connectivity index (χ1v) is 6.57. The van der Waals surface area contributed by atoms with Crippen LogP contribution >= 0.6 is 0 Å². The SMILES string of the molecule is CC1CCN2CCN(C(C)C)CC2C1C. The van der Waals surface area contributed by atoms with Crippen LogP contribution in [0, 0.1) is 11.8 Å². The molecular weight excluding hydrogens is 184 g/mol. The molecule has 2 fully saturated rings. The van der Waals surface area contributed by atoms with Crippen LogP contribution in [-0.4, -0.2) is 48.1 Å². The monoisotopic (exact) mass is 210 g/mol. The Hall–Kier alpha value is -0.0800. The number of hydrogen-bond acceptors (Lipinski definition) is 2. The fourth-order valence-corrected chi connectivity index (χ4v) is 3.13. The predicted molar refractivity (Wildman–Crippen MR) is 65.0 cm³/mol. The van der Waals surface area contributed by atoms with Crippen molar-refractivity contribution in [1.29, 1.82) is 0 Å². The largest absolute Gasteiger partial charge is 0.298 e. The van der Waals surface area contributed by atoms with Gasteiger partial charge in [-0.3, -0.25) is 9.80 Å². The maximum absolute atomic E-state index is 2.73. The average molecular weight is 210 g/mol. The van der Waals surface area contributed by atoms with Crippen molar-refractivity contribution in [3.05, 3.63) is 0 Å². The van der Waals surface area contributed by atoms with Gasteiger partial charge in [0.05, 0.1) is 0 Å². The van der Waals surface area contributed by atoms with Gasteiger partial charge >= 0.3 is 0 Å². The van der Waals surface area contributed by atoms with E-state index in [9.17, 15) is 0 Å². The van der Waals surface area contributed by atoms with E-state index >= 15 is 0 Å². The quantitative estimate of drug-likeness (QED) is 0.653. The molecule has 2 aliphatic heterocycles. The molecule has 2 rings (SSSR count). The molecule has 15 heavy (non-hydrogen) atoms. The van der Waals surface area contributed by atoms with Crippen LogP contribution in [0.1, 0.15) is 34.1 Å². The molecule has 0 aromatic carbocycles. The van der Waals surface area contributed by atoms with Gasteiger partial charge in [-0.15, -0.1) is 0 Å². The maximum atomic E-state index is 2.73. The summed E-state index contributed by atoms with van der Waals surface area (Å²) in [6.07, 6.45) is 1.40. The predicted octanol–water partition coefficient (Wildman–Crippen LogP) is 2.06. The minimum atomic E-state index is 0.719. The van der Waals surface area contributed by atoms with Gasteiger partial charge in [-0.05, 0) is 38.6 Å². The smallest absolute Gasteiger partial charge is 0.0251 e. The highest BCUT2D eigenvalue weighted by molar-refractivity contribution is 4.91. The van der Waals surface area contributed by atoms with E-state index in [0.717, 1.165) is 23.9 Å². The number of nitrogens with zero attached hydrogens (tertiary/aromatic N) is 2. The van der Waals surface area contributed by atoms with Gasteiger partial charge in [0, 0.05) is 31.7 Å². The summed E-state index contributed by atoms with van der Waals surface area (Å²) in [5.41, 5.74) is 0.